The van der Waals surface area contributed by atoms with Crippen molar-refractivity contribution < 1.29 is 5.11 Å². The van der Waals surface area contributed by atoms with Crippen LogP contribution >= 0.6 is 0 Å². The third kappa shape index (κ3) is 1.86. The Labute approximate surface area is 121 Å². The van der Waals surface area contributed by atoms with Crippen molar-refractivity contribution in [3.63, 3.8) is 0 Å². The molecule has 1 aromatic rings. The quantitative estimate of drug-likeness (QED) is 0.885. The summed E-state index contributed by atoms with van der Waals surface area (Å²) in [5.41, 5.74) is 1.43. The summed E-state index contributed by atoms with van der Waals surface area (Å²) in [6, 6.07) is 4.23. The van der Waals surface area contributed by atoms with Gasteiger partial charge in [0.05, 0.1) is 0 Å². The van der Waals surface area contributed by atoms with Crippen LogP contribution in [0.1, 0.15) is 50.3 Å². The van der Waals surface area contributed by atoms with E-state index in [1.54, 1.807) is 0 Å². The molecule has 4 saturated carbocycles. The second kappa shape index (κ2) is 4.60. The van der Waals surface area contributed by atoms with Crippen molar-refractivity contribution >= 4 is 0 Å². The van der Waals surface area contributed by atoms with Crippen LogP contribution in [0.3, 0.4) is 0 Å². The first-order valence-electron chi connectivity index (χ1n) is 8.20. The average Bonchev–Trinajstić information content (AvgIpc) is 2.87. The topological polar surface area (TPSA) is 37.2 Å². The highest BCUT2D eigenvalue weighted by atomic mass is 16.3. The summed E-state index contributed by atoms with van der Waals surface area (Å²) < 4.78 is 2.46. The van der Waals surface area contributed by atoms with Crippen LogP contribution in [0.15, 0.2) is 18.3 Å². The minimum absolute atomic E-state index is 0.322. The molecule has 110 valence electrons. The Kier molecular flexibility index (Phi) is 2.97. The molecule has 0 spiro atoms. The fourth-order valence-corrected chi connectivity index (χ4v) is 5.76. The van der Waals surface area contributed by atoms with Gasteiger partial charge in [0.1, 0.15) is 6.10 Å². The van der Waals surface area contributed by atoms with Crippen molar-refractivity contribution in [2.24, 2.45) is 17.8 Å². The number of nitrogens with zero attached hydrogens (tertiary/aromatic N) is 1. The molecule has 0 saturated heterocycles. The zero-order valence-corrected chi connectivity index (χ0v) is 12.4. The van der Waals surface area contributed by atoms with Crippen molar-refractivity contribution in [1.82, 2.24) is 9.88 Å². The molecule has 0 aromatic carbocycles. The maximum absolute atomic E-state index is 10.4. The minimum atomic E-state index is -0.386. The molecular formula is C17H26N2O. The minimum Gasteiger partial charge on any atom is -0.386 e. The van der Waals surface area contributed by atoms with E-state index in [0.717, 1.165) is 23.4 Å². The number of hydrogen-bond donors (Lipinski definition) is 2. The third-order valence-electron chi connectivity index (χ3n) is 6.04. The van der Waals surface area contributed by atoms with Crippen molar-refractivity contribution in [2.45, 2.75) is 50.2 Å². The van der Waals surface area contributed by atoms with E-state index in [9.17, 15) is 5.11 Å². The summed E-state index contributed by atoms with van der Waals surface area (Å²) in [6.07, 6.45) is 10.3. The fraction of sp³-hybridized carbons (Fsp3) is 0.765. The first-order valence-corrected chi connectivity index (χ1v) is 8.20. The molecule has 3 nitrogen and oxygen atoms in total. The number of aliphatic hydroxyl groups excluding tert-OH is 1. The number of nitrogens with one attached hydrogen (secondary N) is 1. The Bertz CT molecular complexity index is 458. The van der Waals surface area contributed by atoms with Gasteiger partial charge in [-0.05, 0) is 75.5 Å². The van der Waals surface area contributed by atoms with E-state index in [1.807, 2.05) is 7.05 Å². The molecule has 4 aliphatic carbocycles. The lowest BCUT2D eigenvalue weighted by atomic mass is 9.53. The summed E-state index contributed by atoms with van der Waals surface area (Å²) >= 11 is 0. The second-order valence-electron chi connectivity index (χ2n) is 7.52. The van der Waals surface area contributed by atoms with E-state index in [1.165, 1.54) is 38.5 Å². The largest absolute Gasteiger partial charge is 0.386 e. The number of rotatable bonds is 4. The Hall–Kier alpha value is -0.800. The van der Waals surface area contributed by atoms with Crippen LogP contribution in [0.25, 0.3) is 0 Å². The van der Waals surface area contributed by atoms with Gasteiger partial charge >= 0.3 is 0 Å². The molecule has 2 N–H and O–H groups in total. The van der Waals surface area contributed by atoms with Gasteiger partial charge in [0.25, 0.3) is 0 Å². The Morgan fingerprint density at radius 3 is 2.40 bits per heavy atom. The predicted octanol–water partition coefficient (Wildman–Crippen LogP) is 2.67. The van der Waals surface area contributed by atoms with E-state index in [-0.39, 0.29) is 6.10 Å². The number of hydrogen-bond acceptors (Lipinski definition) is 2. The zero-order valence-electron chi connectivity index (χ0n) is 12.4. The van der Waals surface area contributed by atoms with Crippen molar-refractivity contribution in [3.8, 4) is 0 Å². The van der Waals surface area contributed by atoms with Gasteiger partial charge in [0.2, 0.25) is 0 Å². The number of likely N-dealkylation sites (N-methyl/N-ethyl adjacent to an activating group) is 1. The second-order valence-corrected chi connectivity index (χ2v) is 7.52. The molecule has 5 rings (SSSR count). The first-order chi connectivity index (χ1) is 9.70. The highest BCUT2D eigenvalue weighted by molar-refractivity contribution is 5.17. The van der Waals surface area contributed by atoms with Gasteiger partial charge in [-0.1, -0.05) is 0 Å². The monoisotopic (exact) mass is 274 g/mol. The predicted molar refractivity (Wildman–Crippen MR) is 79.5 cm³/mol. The molecular weight excluding hydrogens is 248 g/mol. The van der Waals surface area contributed by atoms with Gasteiger partial charge in [-0.15, -0.1) is 0 Å². The summed E-state index contributed by atoms with van der Waals surface area (Å²) in [6.45, 7) is 0.635. The van der Waals surface area contributed by atoms with E-state index in [4.69, 9.17) is 0 Å². The Balaban J connectivity index is 1.69. The third-order valence-corrected chi connectivity index (χ3v) is 6.04. The lowest BCUT2D eigenvalue weighted by Crippen LogP contribution is -2.52. The molecule has 1 heterocycles. The van der Waals surface area contributed by atoms with E-state index >= 15 is 0 Å². The van der Waals surface area contributed by atoms with Gasteiger partial charge in [-0.2, -0.15) is 0 Å². The van der Waals surface area contributed by atoms with E-state index in [0.29, 0.717) is 12.1 Å². The van der Waals surface area contributed by atoms with Crippen LogP contribution in [0.2, 0.25) is 0 Å². The van der Waals surface area contributed by atoms with Crippen LogP contribution in [0.5, 0.6) is 0 Å². The summed E-state index contributed by atoms with van der Waals surface area (Å²) in [4.78, 5) is 0. The molecule has 0 amide bonds. The SMILES string of the molecule is CNCC(O)c1cccn1C12CC3CC(CC(C3)C1)C2. The van der Waals surface area contributed by atoms with Crippen LogP contribution in [-0.4, -0.2) is 23.3 Å². The van der Waals surface area contributed by atoms with E-state index in [2.05, 4.69) is 28.2 Å². The van der Waals surface area contributed by atoms with Gasteiger partial charge in [0.15, 0.2) is 0 Å². The summed E-state index contributed by atoms with van der Waals surface area (Å²) in [7, 11) is 1.90. The molecule has 1 atom stereocenters. The molecule has 1 aromatic heterocycles. The highest BCUT2D eigenvalue weighted by Gasteiger charge is 2.52. The average molecular weight is 274 g/mol. The summed E-state index contributed by atoms with van der Waals surface area (Å²) in [5.74, 6) is 2.83. The highest BCUT2D eigenvalue weighted by Crippen LogP contribution is 2.59. The molecule has 3 heteroatoms. The molecule has 4 bridgehead atoms. The maximum Gasteiger partial charge on any atom is 0.106 e. The molecule has 0 radical (unpaired) electrons. The Morgan fingerprint density at radius 2 is 1.85 bits per heavy atom. The van der Waals surface area contributed by atoms with Crippen molar-refractivity contribution in [3.05, 3.63) is 24.0 Å². The maximum atomic E-state index is 10.4. The van der Waals surface area contributed by atoms with E-state index < -0.39 is 0 Å². The fourth-order valence-electron chi connectivity index (χ4n) is 5.76. The van der Waals surface area contributed by atoms with Crippen LogP contribution < -0.4 is 5.32 Å². The smallest absolute Gasteiger partial charge is 0.106 e. The van der Waals surface area contributed by atoms with Crippen LogP contribution in [0.4, 0.5) is 0 Å². The van der Waals surface area contributed by atoms with Crippen LogP contribution in [-0.2, 0) is 5.54 Å². The summed E-state index contributed by atoms with van der Waals surface area (Å²) in [5, 5.41) is 13.5. The number of aliphatic hydroxyl groups is 1. The normalized spacial score (nSPS) is 40.2. The first kappa shape index (κ1) is 12.9. The van der Waals surface area contributed by atoms with Gasteiger partial charge in [0, 0.05) is 24.0 Å². The molecule has 1 unspecified atom stereocenters. The van der Waals surface area contributed by atoms with Gasteiger partial charge < -0.3 is 15.0 Å². The van der Waals surface area contributed by atoms with Crippen molar-refractivity contribution in [2.75, 3.05) is 13.6 Å². The lowest BCUT2D eigenvalue weighted by molar-refractivity contribution is -0.0467. The standard InChI is InChI=1S/C17H26N2O/c1-18-11-16(20)15-3-2-4-19(15)17-8-12-5-13(9-17)7-14(6-12)10-17/h2-4,12-14,16,18,20H,5-11H2,1H3. The molecule has 20 heavy (non-hydrogen) atoms. The van der Waals surface area contributed by atoms with Crippen LogP contribution in [0, 0.1) is 17.8 Å². The van der Waals surface area contributed by atoms with Crippen molar-refractivity contribution in [1.29, 1.82) is 0 Å². The molecule has 4 fully saturated rings. The van der Waals surface area contributed by atoms with Gasteiger partial charge in [-0.3, -0.25) is 0 Å². The Morgan fingerprint density at radius 1 is 1.25 bits per heavy atom. The zero-order chi connectivity index (χ0) is 13.7. The number of aromatic nitrogens is 1. The molecule has 4 aliphatic rings. The van der Waals surface area contributed by atoms with Gasteiger partial charge in [-0.25, -0.2) is 0 Å². The lowest BCUT2D eigenvalue weighted by Gasteiger charge is -2.57. The molecule has 0 aliphatic heterocycles.